The molecular weight excluding hydrogens is 295 g/mol. The Balaban J connectivity index is 2.64. The molecule has 70 valence electrons. The fraction of sp³-hybridized carbons (Fsp3) is 0.300. The Morgan fingerprint density at radius 2 is 2.38 bits per heavy atom. The molecule has 0 aliphatic rings. The molecule has 0 unspecified atom stereocenters. The summed E-state index contributed by atoms with van der Waals surface area (Å²) in [5.41, 5.74) is 1.83. The fourth-order valence-corrected chi connectivity index (χ4v) is 2.26. The molecule has 0 aliphatic carbocycles. The number of halogens is 1. The normalized spacial score (nSPS) is 10.0. The van der Waals surface area contributed by atoms with E-state index < -0.39 is 0 Å². The first kappa shape index (κ1) is 10.9. The van der Waals surface area contributed by atoms with Crippen molar-refractivity contribution in [2.24, 2.45) is 0 Å². The number of allylic oxidation sites excluding steroid dienone is 1. The van der Waals surface area contributed by atoms with Crippen LogP contribution in [0.5, 0.6) is 0 Å². The average Bonchev–Trinajstić information content (AvgIpc) is 2.51. The summed E-state index contributed by atoms with van der Waals surface area (Å²) in [6, 6.07) is 1.93. The first-order chi connectivity index (χ1) is 6.13. The molecule has 0 aromatic carbocycles. The molecule has 0 radical (unpaired) electrons. The highest BCUT2D eigenvalue weighted by atomic mass is 127. The Bertz CT molecular complexity index is 327. The van der Waals surface area contributed by atoms with Crippen molar-refractivity contribution in [1.29, 1.82) is 0 Å². The second kappa shape index (κ2) is 4.91. The number of hydrogen-bond donors (Lipinski definition) is 0. The lowest BCUT2D eigenvalue weighted by atomic mass is 10.1. The summed E-state index contributed by atoms with van der Waals surface area (Å²) in [6.45, 7) is 5.85. The van der Waals surface area contributed by atoms with E-state index in [1.54, 1.807) is 11.3 Å². The van der Waals surface area contributed by atoms with E-state index in [9.17, 15) is 4.79 Å². The van der Waals surface area contributed by atoms with Crippen LogP contribution in [0.25, 0.3) is 0 Å². The summed E-state index contributed by atoms with van der Waals surface area (Å²) in [4.78, 5) is 11.6. The second-order valence-electron chi connectivity index (χ2n) is 2.84. The van der Waals surface area contributed by atoms with Crippen molar-refractivity contribution in [2.45, 2.75) is 19.8 Å². The van der Waals surface area contributed by atoms with Crippen molar-refractivity contribution < 1.29 is 4.79 Å². The molecule has 0 fully saturated rings. The number of thiophene rings is 1. The van der Waals surface area contributed by atoms with Crippen LogP contribution in [0.1, 0.15) is 30.1 Å². The Labute approximate surface area is 96.0 Å². The van der Waals surface area contributed by atoms with Crippen molar-refractivity contribution in [2.75, 3.05) is 0 Å². The van der Waals surface area contributed by atoms with Crippen molar-refractivity contribution >= 4 is 39.7 Å². The van der Waals surface area contributed by atoms with Crippen molar-refractivity contribution in [3.63, 3.8) is 0 Å². The van der Waals surface area contributed by atoms with Crippen LogP contribution in [0.15, 0.2) is 23.6 Å². The topological polar surface area (TPSA) is 17.1 Å². The standard InChI is InChI=1S/C10H11IOS/c1-3-7(2)4-9(12)8-5-10(11)13-6-8/h5-6H,2-4H2,1H3. The molecule has 1 rings (SSSR count). The molecule has 1 nitrogen and oxygen atoms in total. The predicted molar refractivity (Wildman–Crippen MR) is 65.4 cm³/mol. The van der Waals surface area contributed by atoms with Gasteiger partial charge in [-0.25, -0.2) is 0 Å². The first-order valence-electron chi connectivity index (χ1n) is 4.07. The van der Waals surface area contributed by atoms with Gasteiger partial charge in [-0.05, 0) is 35.1 Å². The number of ketones is 1. The van der Waals surface area contributed by atoms with Gasteiger partial charge in [-0.15, -0.1) is 11.3 Å². The quantitative estimate of drug-likeness (QED) is 0.468. The van der Waals surface area contributed by atoms with Crippen LogP contribution in [-0.2, 0) is 0 Å². The Hall–Kier alpha value is -0.160. The predicted octanol–water partition coefficient (Wildman–Crippen LogP) is 3.89. The molecule has 0 amide bonds. The minimum Gasteiger partial charge on any atom is -0.294 e. The molecule has 0 atom stereocenters. The third kappa shape index (κ3) is 3.23. The van der Waals surface area contributed by atoms with Crippen LogP contribution in [-0.4, -0.2) is 5.78 Å². The van der Waals surface area contributed by atoms with Gasteiger partial charge in [-0.3, -0.25) is 4.79 Å². The van der Waals surface area contributed by atoms with Gasteiger partial charge in [0, 0.05) is 17.4 Å². The lowest BCUT2D eigenvalue weighted by molar-refractivity contribution is 0.0993. The summed E-state index contributed by atoms with van der Waals surface area (Å²) >= 11 is 3.82. The summed E-state index contributed by atoms with van der Waals surface area (Å²) < 4.78 is 1.16. The molecule has 0 saturated heterocycles. The van der Waals surface area contributed by atoms with Gasteiger partial charge in [0.25, 0.3) is 0 Å². The summed E-state index contributed by atoms with van der Waals surface area (Å²) in [7, 11) is 0. The molecule has 3 heteroatoms. The third-order valence-corrected chi connectivity index (χ3v) is 3.59. The highest BCUT2D eigenvalue weighted by Crippen LogP contribution is 2.19. The number of rotatable bonds is 4. The van der Waals surface area contributed by atoms with E-state index in [1.165, 1.54) is 0 Å². The zero-order valence-electron chi connectivity index (χ0n) is 7.47. The monoisotopic (exact) mass is 306 g/mol. The van der Waals surface area contributed by atoms with Crippen LogP contribution >= 0.6 is 33.9 Å². The molecule has 1 aromatic heterocycles. The van der Waals surface area contributed by atoms with Crippen molar-refractivity contribution in [3.05, 3.63) is 32.0 Å². The van der Waals surface area contributed by atoms with E-state index in [0.29, 0.717) is 6.42 Å². The second-order valence-corrected chi connectivity index (χ2v) is 5.65. The maximum Gasteiger partial charge on any atom is 0.167 e. The van der Waals surface area contributed by atoms with Gasteiger partial charge < -0.3 is 0 Å². The Morgan fingerprint density at radius 3 is 2.85 bits per heavy atom. The van der Waals surface area contributed by atoms with E-state index in [-0.39, 0.29) is 5.78 Å². The van der Waals surface area contributed by atoms with Crippen molar-refractivity contribution in [3.8, 4) is 0 Å². The van der Waals surface area contributed by atoms with Crippen LogP contribution in [0.2, 0.25) is 0 Å². The maximum absolute atomic E-state index is 11.6. The molecule has 0 saturated carbocycles. The molecule has 1 heterocycles. The van der Waals surface area contributed by atoms with Crippen molar-refractivity contribution in [1.82, 2.24) is 0 Å². The van der Waals surface area contributed by atoms with Crippen LogP contribution < -0.4 is 0 Å². The van der Waals surface area contributed by atoms with E-state index >= 15 is 0 Å². The lowest BCUT2D eigenvalue weighted by Gasteiger charge is -1.98. The van der Waals surface area contributed by atoms with Gasteiger partial charge in [-0.1, -0.05) is 19.1 Å². The molecule has 1 aromatic rings. The molecule has 0 bridgehead atoms. The Morgan fingerprint density at radius 1 is 1.69 bits per heavy atom. The third-order valence-electron chi connectivity index (χ3n) is 1.80. The summed E-state index contributed by atoms with van der Waals surface area (Å²) in [6.07, 6.45) is 1.37. The van der Waals surface area contributed by atoms with E-state index in [2.05, 4.69) is 29.2 Å². The Kier molecular flexibility index (Phi) is 4.12. The molecule has 0 N–H and O–H groups in total. The van der Waals surface area contributed by atoms with E-state index in [1.807, 2.05) is 18.4 Å². The number of carbonyl (C=O) groups is 1. The maximum atomic E-state index is 11.6. The van der Waals surface area contributed by atoms with Gasteiger partial charge in [0.05, 0.1) is 2.88 Å². The molecule has 0 aliphatic heterocycles. The van der Waals surface area contributed by atoms with Crippen LogP contribution in [0.3, 0.4) is 0 Å². The van der Waals surface area contributed by atoms with E-state index in [4.69, 9.17) is 0 Å². The highest BCUT2D eigenvalue weighted by molar-refractivity contribution is 14.1. The van der Waals surface area contributed by atoms with Crippen LogP contribution in [0.4, 0.5) is 0 Å². The van der Waals surface area contributed by atoms with E-state index in [0.717, 1.165) is 20.4 Å². The minimum atomic E-state index is 0.186. The molecule has 13 heavy (non-hydrogen) atoms. The zero-order valence-corrected chi connectivity index (χ0v) is 10.4. The first-order valence-corrected chi connectivity index (χ1v) is 6.03. The average molecular weight is 306 g/mol. The van der Waals surface area contributed by atoms with Gasteiger partial charge >= 0.3 is 0 Å². The van der Waals surface area contributed by atoms with Gasteiger partial charge in [0.1, 0.15) is 0 Å². The smallest absolute Gasteiger partial charge is 0.167 e. The van der Waals surface area contributed by atoms with Crippen LogP contribution in [0, 0.1) is 2.88 Å². The number of hydrogen-bond acceptors (Lipinski definition) is 2. The fourth-order valence-electron chi connectivity index (χ4n) is 0.910. The molecule has 0 spiro atoms. The van der Waals surface area contributed by atoms with Gasteiger partial charge in [0.15, 0.2) is 5.78 Å². The zero-order chi connectivity index (χ0) is 9.84. The van der Waals surface area contributed by atoms with Gasteiger partial charge in [-0.2, -0.15) is 0 Å². The SMILES string of the molecule is C=C(CC)CC(=O)c1csc(I)c1. The molecular formula is C10H11IOS. The minimum absolute atomic E-state index is 0.186. The number of carbonyl (C=O) groups excluding carboxylic acids is 1. The largest absolute Gasteiger partial charge is 0.294 e. The summed E-state index contributed by atoms with van der Waals surface area (Å²) in [5.74, 6) is 0.186. The van der Waals surface area contributed by atoms with Gasteiger partial charge in [0.2, 0.25) is 0 Å². The number of Topliss-reactive ketones (excluding diaryl/α,β-unsaturated/α-hetero) is 1. The highest BCUT2D eigenvalue weighted by Gasteiger charge is 2.08. The summed E-state index contributed by atoms with van der Waals surface area (Å²) in [5, 5.41) is 1.91. The lowest BCUT2D eigenvalue weighted by Crippen LogP contribution is -1.97.